The molecule has 0 bridgehead atoms. The van der Waals surface area contributed by atoms with Crippen molar-refractivity contribution in [3.63, 3.8) is 0 Å². The van der Waals surface area contributed by atoms with Crippen LogP contribution in [0.3, 0.4) is 0 Å². The number of amides is 1. The van der Waals surface area contributed by atoms with Crippen LogP contribution in [0.5, 0.6) is 0 Å². The number of nitrogens with one attached hydrogen (secondary N) is 1. The Hall–Kier alpha value is -1.81. The number of aromatic nitrogens is 1. The molecule has 0 spiro atoms. The highest BCUT2D eigenvalue weighted by Crippen LogP contribution is 2.34. The van der Waals surface area contributed by atoms with E-state index in [1.807, 2.05) is 12.1 Å². The van der Waals surface area contributed by atoms with Crippen molar-refractivity contribution >= 4 is 23.4 Å². The molecule has 1 fully saturated rings. The fourth-order valence-corrected chi connectivity index (χ4v) is 2.70. The number of hydrogen-bond acceptors (Lipinski definition) is 3. The van der Waals surface area contributed by atoms with Crippen LogP contribution in [-0.4, -0.2) is 10.9 Å². The molecule has 20 heavy (non-hydrogen) atoms. The van der Waals surface area contributed by atoms with Crippen LogP contribution in [0.4, 0.5) is 5.69 Å². The molecular formula is C16H16N2OS. The molecule has 3 rings (SSSR count). The number of nitrogens with zero attached hydrogens (tertiary/aromatic N) is 1. The molecule has 4 heteroatoms. The SMILES string of the molecule is Cc1ccc(Sc2ncccc2NC(=O)C2CC2)cc1. The molecule has 102 valence electrons. The van der Waals surface area contributed by atoms with E-state index in [1.165, 1.54) is 5.56 Å². The number of anilines is 1. The second-order valence-corrected chi connectivity index (χ2v) is 6.10. The van der Waals surface area contributed by atoms with Crippen molar-refractivity contribution in [1.82, 2.24) is 4.98 Å². The lowest BCUT2D eigenvalue weighted by Gasteiger charge is -2.09. The lowest BCUT2D eigenvalue weighted by molar-refractivity contribution is -0.117. The standard InChI is InChI=1S/C16H16N2OS/c1-11-4-8-13(9-5-11)20-16-14(3-2-10-17-16)18-15(19)12-6-7-12/h2-5,8-10,12H,6-7H2,1H3,(H,18,19). The van der Waals surface area contributed by atoms with Gasteiger partial charge < -0.3 is 5.32 Å². The molecule has 1 aliphatic carbocycles. The molecule has 1 aromatic heterocycles. The first-order chi connectivity index (χ1) is 9.72. The fourth-order valence-electron chi connectivity index (χ4n) is 1.87. The predicted molar refractivity (Wildman–Crippen MR) is 80.9 cm³/mol. The second-order valence-electron chi connectivity index (χ2n) is 5.03. The van der Waals surface area contributed by atoms with Gasteiger partial charge in [0.2, 0.25) is 5.91 Å². The quantitative estimate of drug-likeness (QED) is 0.926. The number of carbonyl (C=O) groups excluding carboxylic acids is 1. The van der Waals surface area contributed by atoms with Crippen LogP contribution in [0.15, 0.2) is 52.5 Å². The minimum Gasteiger partial charge on any atom is -0.324 e. The van der Waals surface area contributed by atoms with Crippen molar-refractivity contribution in [2.45, 2.75) is 29.7 Å². The molecule has 0 radical (unpaired) electrons. The largest absolute Gasteiger partial charge is 0.324 e. The van der Waals surface area contributed by atoms with Crippen LogP contribution in [0.1, 0.15) is 18.4 Å². The maximum Gasteiger partial charge on any atom is 0.227 e. The summed E-state index contributed by atoms with van der Waals surface area (Å²) in [5.41, 5.74) is 2.03. The van der Waals surface area contributed by atoms with Crippen molar-refractivity contribution < 1.29 is 4.79 Å². The molecule has 3 nitrogen and oxygen atoms in total. The summed E-state index contributed by atoms with van der Waals surface area (Å²) in [5.74, 6) is 0.316. The number of rotatable bonds is 4. The highest BCUT2D eigenvalue weighted by Gasteiger charge is 2.30. The Balaban J connectivity index is 1.78. The Labute approximate surface area is 122 Å². The first-order valence-electron chi connectivity index (χ1n) is 6.73. The number of pyridine rings is 1. The third-order valence-electron chi connectivity index (χ3n) is 3.21. The lowest BCUT2D eigenvalue weighted by Crippen LogP contribution is -2.14. The van der Waals surface area contributed by atoms with Crippen molar-refractivity contribution in [2.24, 2.45) is 5.92 Å². The molecular weight excluding hydrogens is 268 g/mol. The summed E-state index contributed by atoms with van der Waals surface area (Å²) in [6.07, 6.45) is 3.77. The third-order valence-corrected chi connectivity index (χ3v) is 4.24. The summed E-state index contributed by atoms with van der Waals surface area (Å²) in [6, 6.07) is 12.1. The van der Waals surface area contributed by atoms with Crippen molar-refractivity contribution in [3.05, 3.63) is 48.2 Å². The van der Waals surface area contributed by atoms with Gasteiger partial charge in [-0.25, -0.2) is 4.98 Å². The van der Waals surface area contributed by atoms with Gasteiger partial charge >= 0.3 is 0 Å². The zero-order valence-corrected chi connectivity index (χ0v) is 12.1. The second kappa shape index (κ2) is 5.67. The van der Waals surface area contributed by atoms with Gasteiger partial charge in [0.1, 0.15) is 5.03 Å². The Morgan fingerprint density at radius 2 is 2.00 bits per heavy atom. The highest BCUT2D eigenvalue weighted by atomic mass is 32.2. The van der Waals surface area contributed by atoms with Crippen LogP contribution in [0.25, 0.3) is 0 Å². The first kappa shape index (κ1) is 13.2. The molecule has 1 aliphatic rings. The van der Waals surface area contributed by atoms with Gasteiger partial charge in [0.25, 0.3) is 0 Å². The van der Waals surface area contributed by atoms with Gasteiger partial charge in [-0.15, -0.1) is 0 Å². The number of carbonyl (C=O) groups is 1. The summed E-state index contributed by atoms with van der Waals surface area (Å²) in [7, 11) is 0. The van der Waals surface area contributed by atoms with E-state index in [1.54, 1.807) is 18.0 Å². The van der Waals surface area contributed by atoms with Gasteiger partial charge in [0.15, 0.2) is 0 Å². The summed E-state index contributed by atoms with van der Waals surface area (Å²) in [5, 5.41) is 3.82. The van der Waals surface area contributed by atoms with E-state index < -0.39 is 0 Å². The molecule has 0 atom stereocenters. The van der Waals surface area contributed by atoms with Crippen molar-refractivity contribution in [3.8, 4) is 0 Å². The van der Waals surface area contributed by atoms with Gasteiger partial charge in [0, 0.05) is 17.0 Å². The predicted octanol–water partition coefficient (Wildman–Crippen LogP) is 3.89. The van der Waals surface area contributed by atoms with Crippen LogP contribution in [-0.2, 0) is 4.79 Å². The van der Waals surface area contributed by atoms with E-state index in [0.717, 1.165) is 28.5 Å². The number of benzene rings is 1. The van der Waals surface area contributed by atoms with Crippen molar-refractivity contribution in [1.29, 1.82) is 0 Å². The van der Waals surface area contributed by atoms with Gasteiger partial charge in [-0.05, 0) is 44.0 Å². The Bertz CT molecular complexity index is 621. The van der Waals surface area contributed by atoms with E-state index in [-0.39, 0.29) is 11.8 Å². The van der Waals surface area contributed by atoms with Crippen LogP contribution in [0.2, 0.25) is 0 Å². The Morgan fingerprint density at radius 1 is 1.25 bits per heavy atom. The summed E-state index contributed by atoms with van der Waals surface area (Å²) < 4.78 is 0. The molecule has 2 aromatic rings. The third kappa shape index (κ3) is 3.20. The Morgan fingerprint density at radius 3 is 2.70 bits per heavy atom. The van der Waals surface area contributed by atoms with Gasteiger partial charge in [0.05, 0.1) is 5.69 Å². The topological polar surface area (TPSA) is 42.0 Å². The summed E-state index contributed by atoms with van der Waals surface area (Å²) in [6.45, 7) is 2.07. The van der Waals surface area contributed by atoms with Crippen LogP contribution in [0, 0.1) is 12.8 Å². The molecule has 1 aromatic carbocycles. The molecule has 1 amide bonds. The van der Waals surface area contributed by atoms with Gasteiger partial charge in [-0.2, -0.15) is 0 Å². The maximum absolute atomic E-state index is 11.9. The normalized spacial score (nSPS) is 14.1. The average molecular weight is 284 g/mol. The molecule has 1 saturated carbocycles. The Kier molecular flexibility index (Phi) is 3.74. The zero-order chi connectivity index (χ0) is 13.9. The minimum atomic E-state index is 0.115. The van der Waals surface area contributed by atoms with Crippen LogP contribution < -0.4 is 5.32 Å². The smallest absolute Gasteiger partial charge is 0.227 e. The fraction of sp³-hybridized carbons (Fsp3) is 0.250. The van der Waals surface area contributed by atoms with E-state index in [4.69, 9.17) is 0 Å². The lowest BCUT2D eigenvalue weighted by atomic mass is 10.2. The van der Waals surface area contributed by atoms with Gasteiger partial charge in [-0.3, -0.25) is 4.79 Å². The zero-order valence-electron chi connectivity index (χ0n) is 11.3. The minimum absolute atomic E-state index is 0.115. The molecule has 1 N–H and O–H groups in total. The average Bonchev–Trinajstić information content (AvgIpc) is 3.28. The monoisotopic (exact) mass is 284 g/mol. The molecule has 0 unspecified atom stereocenters. The molecule has 1 heterocycles. The maximum atomic E-state index is 11.9. The van der Waals surface area contributed by atoms with E-state index in [9.17, 15) is 4.79 Å². The van der Waals surface area contributed by atoms with E-state index in [0.29, 0.717) is 0 Å². The number of aryl methyl sites for hydroxylation is 1. The molecule has 0 saturated heterocycles. The van der Waals surface area contributed by atoms with Crippen molar-refractivity contribution in [2.75, 3.05) is 5.32 Å². The number of hydrogen-bond donors (Lipinski definition) is 1. The van der Waals surface area contributed by atoms with E-state index in [2.05, 4.69) is 41.5 Å². The first-order valence-corrected chi connectivity index (χ1v) is 7.54. The van der Waals surface area contributed by atoms with E-state index >= 15 is 0 Å². The van der Waals surface area contributed by atoms with Crippen LogP contribution >= 0.6 is 11.8 Å². The molecule has 0 aliphatic heterocycles. The summed E-state index contributed by atoms with van der Waals surface area (Å²) >= 11 is 1.57. The highest BCUT2D eigenvalue weighted by molar-refractivity contribution is 7.99. The van der Waals surface area contributed by atoms with Gasteiger partial charge in [-0.1, -0.05) is 29.5 Å². The summed E-state index contributed by atoms with van der Waals surface area (Å²) in [4.78, 5) is 17.4.